The van der Waals surface area contributed by atoms with E-state index in [0.29, 0.717) is 13.0 Å². The summed E-state index contributed by atoms with van der Waals surface area (Å²) in [6.45, 7) is 9.12. The molecule has 0 saturated heterocycles. The molecule has 0 aromatic heterocycles. The summed E-state index contributed by atoms with van der Waals surface area (Å²) < 4.78 is 0. The van der Waals surface area contributed by atoms with Gasteiger partial charge in [0.2, 0.25) is 5.91 Å². The van der Waals surface area contributed by atoms with Gasteiger partial charge >= 0.3 is 0 Å². The summed E-state index contributed by atoms with van der Waals surface area (Å²) >= 11 is 0. The van der Waals surface area contributed by atoms with Crippen LogP contribution in [0, 0.1) is 0 Å². The summed E-state index contributed by atoms with van der Waals surface area (Å²) in [7, 11) is 0. The summed E-state index contributed by atoms with van der Waals surface area (Å²) in [5.74, 6) is 0.0752. The van der Waals surface area contributed by atoms with Gasteiger partial charge in [-0.2, -0.15) is 0 Å². The zero-order chi connectivity index (χ0) is 13.6. The van der Waals surface area contributed by atoms with Crippen LogP contribution in [-0.4, -0.2) is 43.5 Å². The fourth-order valence-electron chi connectivity index (χ4n) is 1.85. The van der Waals surface area contributed by atoms with Crippen LogP contribution in [0.2, 0.25) is 0 Å². The number of carbonyl (C=O) groups excluding carboxylic acids is 1. The molecule has 0 aliphatic carbocycles. The number of amides is 1. The predicted octanol–water partition coefficient (Wildman–Crippen LogP) is 1.74. The first-order chi connectivity index (χ1) is 8.74. The number of nitrogens with two attached hydrogens (primary N) is 1. The molecule has 1 amide bonds. The van der Waals surface area contributed by atoms with Crippen LogP contribution in [-0.2, 0) is 4.79 Å². The van der Waals surface area contributed by atoms with Gasteiger partial charge in [-0.25, -0.2) is 0 Å². The zero-order valence-corrected chi connectivity index (χ0v) is 12.2. The molecule has 0 heterocycles. The lowest BCUT2D eigenvalue weighted by atomic mass is 10.2. The first kappa shape index (κ1) is 17.4. The molecule has 0 fully saturated rings. The fraction of sp³-hybridized carbons (Fsp3) is 0.929. The Kier molecular flexibility index (Phi) is 12.4. The van der Waals surface area contributed by atoms with Crippen molar-refractivity contribution in [1.82, 2.24) is 10.2 Å². The molecule has 0 atom stereocenters. The van der Waals surface area contributed by atoms with Crippen molar-refractivity contribution in [2.75, 3.05) is 32.7 Å². The fourth-order valence-corrected chi connectivity index (χ4v) is 1.85. The molecule has 0 saturated carbocycles. The van der Waals surface area contributed by atoms with Crippen molar-refractivity contribution in [2.24, 2.45) is 5.73 Å². The standard InChI is InChI=1S/C14H31N3O/c1-3-5-11-17(12-6-4-2)13-7-10-16-14(18)8-9-15/h3-13,15H2,1-2H3,(H,16,18). The maximum absolute atomic E-state index is 11.2. The third-order valence-corrected chi connectivity index (χ3v) is 3.00. The lowest BCUT2D eigenvalue weighted by Crippen LogP contribution is -2.32. The van der Waals surface area contributed by atoms with E-state index in [9.17, 15) is 4.79 Å². The van der Waals surface area contributed by atoms with E-state index >= 15 is 0 Å². The van der Waals surface area contributed by atoms with Crippen molar-refractivity contribution in [3.63, 3.8) is 0 Å². The number of nitrogens with zero attached hydrogens (tertiary/aromatic N) is 1. The molecular formula is C14H31N3O. The molecule has 4 nitrogen and oxygen atoms in total. The second-order valence-corrected chi connectivity index (χ2v) is 4.79. The largest absolute Gasteiger partial charge is 0.356 e. The van der Waals surface area contributed by atoms with Crippen LogP contribution >= 0.6 is 0 Å². The van der Waals surface area contributed by atoms with Gasteiger partial charge in [0.1, 0.15) is 0 Å². The number of carbonyl (C=O) groups is 1. The minimum atomic E-state index is 0.0752. The van der Waals surface area contributed by atoms with Crippen LogP contribution in [0.15, 0.2) is 0 Å². The van der Waals surface area contributed by atoms with Gasteiger partial charge in [0, 0.05) is 19.5 Å². The Morgan fingerprint density at radius 2 is 1.61 bits per heavy atom. The Labute approximate surface area is 112 Å². The molecule has 0 rings (SSSR count). The first-order valence-corrected chi connectivity index (χ1v) is 7.43. The van der Waals surface area contributed by atoms with E-state index in [4.69, 9.17) is 5.73 Å². The van der Waals surface area contributed by atoms with Gasteiger partial charge in [-0.15, -0.1) is 0 Å². The lowest BCUT2D eigenvalue weighted by molar-refractivity contribution is -0.120. The maximum Gasteiger partial charge on any atom is 0.221 e. The average molecular weight is 257 g/mol. The molecule has 18 heavy (non-hydrogen) atoms. The van der Waals surface area contributed by atoms with Crippen LogP contribution < -0.4 is 11.1 Å². The zero-order valence-electron chi connectivity index (χ0n) is 12.2. The number of hydrogen-bond acceptors (Lipinski definition) is 3. The molecule has 0 spiro atoms. The number of nitrogens with one attached hydrogen (secondary N) is 1. The quantitative estimate of drug-likeness (QED) is 0.524. The second-order valence-electron chi connectivity index (χ2n) is 4.79. The normalized spacial score (nSPS) is 10.9. The molecular weight excluding hydrogens is 226 g/mol. The molecule has 4 heteroatoms. The lowest BCUT2D eigenvalue weighted by Gasteiger charge is -2.21. The van der Waals surface area contributed by atoms with Gasteiger partial charge in [-0.3, -0.25) is 4.79 Å². The second kappa shape index (κ2) is 12.8. The monoisotopic (exact) mass is 257 g/mol. The highest BCUT2D eigenvalue weighted by atomic mass is 16.1. The number of rotatable bonds is 12. The highest BCUT2D eigenvalue weighted by Crippen LogP contribution is 2.00. The van der Waals surface area contributed by atoms with E-state index in [-0.39, 0.29) is 5.91 Å². The maximum atomic E-state index is 11.2. The Morgan fingerprint density at radius 3 is 2.11 bits per heavy atom. The van der Waals surface area contributed by atoms with Gasteiger partial charge < -0.3 is 16.0 Å². The highest BCUT2D eigenvalue weighted by Gasteiger charge is 2.04. The van der Waals surface area contributed by atoms with Crippen molar-refractivity contribution in [2.45, 2.75) is 52.4 Å². The van der Waals surface area contributed by atoms with Crippen LogP contribution in [0.1, 0.15) is 52.4 Å². The molecule has 0 aliphatic rings. The summed E-state index contributed by atoms with van der Waals surface area (Å²) in [5.41, 5.74) is 5.32. The molecule has 0 unspecified atom stereocenters. The first-order valence-electron chi connectivity index (χ1n) is 7.43. The van der Waals surface area contributed by atoms with Gasteiger partial charge in [-0.05, 0) is 38.9 Å². The van der Waals surface area contributed by atoms with Gasteiger partial charge in [0.25, 0.3) is 0 Å². The van der Waals surface area contributed by atoms with Crippen molar-refractivity contribution < 1.29 is 4.79 Å². The van der Waals surface area contributed by atoms with Crippen LogP contribution in [0.4, 0.5) is 0 Å². The molecule has 108 valence electrons. The van der Waals surface area contributed by atoms with Gasteiger partial charge in [-0.1, -0.05) is 26.7 Å². The summed E-state index contributed by atoms with van der Waals surface area (Å²) in [4.78, 5) is 13.7. The Bertz CT molecular complexity index is 189. The van der Waals surface area contributed by atoms with Crippen LogP contribution in [0.3, 0.4) is 0 Å². The summed E-state index contributed by atoms with van der Waals surface area (Å²) in [6, 6.07) is 0. The molecule has 3 N–H and O–H groups in total. The summed E-state index contributed by atoms with van der Waals surface area (Å²) in [5, 5.41) is 2.91. The van der Waals surface area contributed by atoms with Crippen LogP contribution in [0.25, 0.3) is 0 Å². The Hall–Kier alpha value is -0.610. The van der Waals surface area contributed by atoms with Crippen molar-refractivity contribution in [3.05, 3.63) is 0 Å². The molecule has 0 radical (unpaired) electrons. The van der Waals surface area contributed by atoms with Crippen LogP contribution in [0.5, 0.6) is 0 Å². The van der Waals surface area contributed by atoms with Crippen molar-refractivity contribution >= 4 is 5.91 Å². The predicted molar refractivity (Wildman–Crippen MR) is 77.6 cm³/mol. The van der Waals surface area contributed by atoms with E-state index in [1.165, 1.54) is 38.8 Å². The third-order valence-electron chi connectivity index (χ3n) is 3.00. The SMILES string of the molecule is CCCCN(CCCC)CCCNC(=O)CCN. The van der Waals surface area contributed by atoms with E-state index < -0.39 is 0 Å². The highest BCUT2D eigenvalue weighted by molar-refractivity contribution is 5.75. The van der Waals surface area contributed by atoms with E-state index in [0.717, 1.165) is 19.5 Å². The van der Waals surface area contributed by atoms with E-state index in [2.05, 4.69) is 24.1 Å². The van der Waals surface area contributed by atoms with Gasteiger partial charge in [0.05, 0.1) is 0 Å². The Morgan fingerprint density at radius 1 is 1.06 bits per heavy atom. The molecule has 0 aromatic rings. The topological polar surface area (TPSA) is 58.4 Å². The minimum absolute atomic E-state index is 0.0752. The summed E-state index contributed by atoms with van der Waals surface area (Å²) in [6.07, 6.45) is 6.50. The Balaban J connectivity index is 3.63. The molecule has 0 aliphatic heterocycles. The smallest absolute Gasteiger partial charge is 0.221 e. The van der Waals surface area contributed by atoms with Crippen molar-refractivity contribution in [3.8, 4) is 0 Å². The molecule has 0 aromatic carbocycles. The van der Waals surface area contributed by atoms with E-state index in [1.54, 1.807) is 0 Å². The van der Waals surface area contributed by atoms with Gasteiger partial charge in [0.15, 0.2) is 0 Å². The number of unbranched alkanes of at least 4 members (excludes halogenated alkanes) is 2. The third kappa shape index (κ3) is 10.5. The minimum Gasteiger partial charge on any atom is -0.356 e. The van der Waals surface area contributed by atoms with E-state index in [1.807, 2.05) is 0 Å². The average Bonchev–Trinajstić information content (AvgIpc) is 2.37. The molecule has 0 bridgehead atoms. The number of hydrogen-bond donors (Lipinski definition) is 2. The van der Waals surface area contributed by atoms with Crippen molar-refractivity contribution in [1.29, 1.82) is 0 Å².